The van der Waals surface area contributed by atoms with E-state index >= 15 is 0 Å². The molecular formula is C9H13N5O3. The van der Waals surface area contributed by atoms with Gasteiger partial charge in [-0.1, -0.05) is 0 Å². The van der Waals surface area contributed by atoms with Gasteiger partial charge in [0.05, 0.1) is 10.5 Å². The van der Waals surface area contributed by atoms with Crippen LogP contribution in [-0.2, 0) is 0 Å². The van der Waals surface area contributed by atoms with Crippen molar-refractivity contribution >= 4 is 17.4 Å². The molecular weight excluding hydrogens is 226 g/mol. The molecule has 0 aliphatic rings. The fourth-order valence-electron chi connectivity index (χ4n) is 1.15. The van der Waals surface area contributed by atoms with E-state index in [9.17, 15) is 14.9 Å². The Labute approximate surface area is 97.2 Å². The second kappa shape index (κ2) is 5.21. The predicted octanol–water partition coefficient (Wildman–Crippen LogP) is -0.152. The normalized spacial score (nSPS) is 11.9. The molecule has 0 saturated heterocycles. The molecule has 0 aromatic carbocycles. The van der Waals surface area contributed by atoms with Crippen LogP contribution in [0.1, 0.15) is 17.3 Å². The molecule has 5 N–H and O–H groups in total. The summed E-state index contributed by atoms with van der Waals surface area (Å²) in [6.45, 7) is 2.12. The van der Waals surface area contributed by atoms with E-state index in [1.54, 1.807) is 6.92 Å². The first-order valence-electron chi connectivity index (χ1n) is 4.86. The molecule has 0 radical (unpaired) electrons. The van der Waals surface area contributed by atoms with Crippen LogP contribution in [0.25, 0.3) is 0 Å². The number of hydrogen-bond acceptors (Lipinski definition) is 6. The summed E-state index contributed by atoms with van der Waals surface area (Å²) in [5.74, 6) is -0.589. The minimum absolute atomic E-state index is 0.0282. The molecule has 1 heterocycles. The number of nitro groups is 1. The molecule has 0 aliphatic heterocycles. The summed E-state index contributed by atoms with van der Waals surface area (Å²) in [5, 5.41) is 13.4. The van der Waals surface area contributed by atoms with Gasteiger partial charge in [-0.15, -0.1) is 0 Å². The molecule has 1 amide bonds. The van der Waals surface area contributed by atoms with Gasteiger partial charge in [-0.05, 0) is 6.92 Å². The largest absolute Gasteiger partial charge is 0.366 e. The highest BCUT2D eigenvalue weighted by atomic mass is 16.6. The maximum Gasteiger partial charge on any atom is 0.288 e. The molecule has 1 aromatic rings. The van der Waals surface area contributed by atoms with Gasteiger partial charge in [-0.25, -0.2) is 4.98 Å². The Balaban J connectivity index is 3.13. The molecule has 0 spiro atoms. The van der Waals surface area contributed by atoms with E-state index in [-0.39, 0.29) is 23.1 Å². The van der Waals surface area contributed by atoms with Crippen LogP contribution in [0.15, 0.2) is 12.3 Å². The third-order valence-corrected chi connectivity index (χ3v) is 2.09. The molecule has 8 nitrogen and oxygen atoms in total. The smallest absolute Gasteiger partial charge is 0.288 e. The summed E-state index contributed by atoms with van der Waals surface area (Å²) in [4.78, 5) is 24.8. The van der Waals surface area contributed by atoms with Crippen molar-refractivity contribution < 1.29 is 9.72 Å². The molecule has 17 heavy (non-hydrogen) atoms. The highest BCUT2D eigenvalue weighted by Crippen LogP contribution is 2.19. The number of hydrogen-bond donors (Lipinski definition) is 3. The summed E-state index contributed by atoms with van der Waals surface area (Å²) in [5.41, 5.74) is 10.2. The van der Waals surface area contributed by atoms with E-state index < -0.39 is 10.8 Å². The Morgan fingerprint density at radius 2 is 2.35 bits per heavy atom. The minimum atomic E-state index is -0.784. The number of nitrogens with one attached hydrogen (secondary N) is 1. The van der Waals surface area contributed by atoms with E-state index in [1.807, 2.05) is 0 Å². The van der Waals surface area contributed by atoms with Gasteiger partial charge in [0.2, 0.25) is 0 Å². The lowest BCUT2D eigenvalue weighted by atomic mass is 10.2. The van der Waals surface area contributed by atoms with Gasteiger partial charge in [0.25, 0.3) is 11.6 Å². The highest BCUT2D eigenvalue weighted by Gasteiger charge is 2.16. The number of rotatable bonds is 5. The summed E-state index contributed by atoms with van der Waals surface area (Å²) < 4.78 is 0. The zero-order valence-electron chi connectivity index (χ0n) is 9.21. The second-order valence-electron chi connectivity index (χ2n) is 3.49. The molecule has 1 aromatic heterocycles. The Kier molecular flexibility index (Phi) is 3.94. The number of nitrogens with two attached hydrogens (primary N) is 2. The molecule has 0 aliphatic carbocycles. The van der Waals surface area contributed by atoms with Gasteiger partial charge in [-0.2, -0.15) is 0 Å². The highest BCUT2D eigenvalue weighted by molar-refractivity contribution is 5.98. The van der Waals surface area contributed by atoms with Crippen molar-refractivity contribution in [2.75, 3.05) is 11.9 Å². The van der Waals surface area contributed by atoms with E-state index in [0.29, 0.717) is 6.54 Å². The maximum absolute atomic E-state index is 11.2. The lowest BCUT2D eigenvalue weighted by Crippen LogP contribution is -2.27. The first kappa shape index (κ1) is 12.8. The first-order valence-corrected chi connectivity index (χ1v) is 4.86. The van der Waals surface area contributed by atoms with E-state index in [0.717, 1.165) is 12.3 Å². The fraction of sp³-hybridized carbons (Fsp3) is 0.333. The number of pyridine rings is 1. The molecule has 1 rings (SSSR count). The topological polar surface area (TPSA) is 137 Å². The van der Waals surface area contributed by atoms with Crippen LogP contribution in [0, 0.1) is 10.1 Å². The number of primary amides is 1. The number of aromatic nitrogens is 1. The Hall–Kier alpha value is -2.22. The monoisotopic (exact) mass is 239 g/mol. The first-order chi connectivity index (χ1) is 7.95. The molecule has 92 valence electrons. The van der Waals surface area contributed by atoms with Crippen LogP contribution >= 0.6 is 0 Å². The quantitative estimate of drug-likeness (QED) is 0.482. The number of carbonyl (C=O) groups is 1. The fourth-order valence-corrected chi connectivity index (χ4v) is 1.15. The zero-order chi connectivity index (χ0) is 13.0. The van der Waals surface area contributed by atoms with Gasteiger partial charge in [0.1, 0.15) is 12.0 Å². The molecule has 0 saturated carbocycles. The second-order valence-corrected chi connectivity index (χ2v) is 3.49. The minimum Gasteiger partial charge on any atom is -0.366 e. The number of anilines is 1. The summed E-state index contributed by atoms with van der Waals surface area (Å²) >= 11 is 0. The van der Waals surface area contributed by atoms with Crippen LogP contribution in [0.4, 0.5) is 11.5 Å². The van der Waals surface area contributed by atoms with Crippen LogP contribution in [0.3, 0.4) is 0 Å². The summed E-state index contributed by atoms with van der Waals surface area (Å²) in [6.07, 6.45) is 1.05. The average molecular weight is 239 g/mol. The molecule has 8 heteroatoms. The van der Waals surface area contributed by atoms with Crippen molar-refractivity contribution in [1.29, 1.82) is 0 Å². The Morgan fingerprint density at radius 3 is 2.82 bits per heavy atom. The predicted molar refractivity (Wildman–Crippen MR) is 61.5 cm³/mol. The van der Waals surface area contributed by atoms with E-state index in [1.165, 1.54) is 0 Å². The van der Waals surface area contributed by atoms with Crippen LogP contribution in [0.5, 0.6) is 0 Å². The van der Waals surface area contributed by atoms with Crippen LogP contribution in [0.2, 0.25) is 0 Å². The van der Waals surface area contributed by atoms with Gasteiger partial charge in [-0.3, -0.25) is 14.9 Å². The Bertz CT molecular complexity index is 448. The number of nitrogens with zero attached hydrogens (tertiary/aromatic N) is 2. The van der Waals surface area contributed by atoms with Crippen molar-refractivity contribution in [3.05, 3.63) is 27.9 Å². The van der Waals surface area contributed by atoms with Crippen molar-refractivity contribution in [3.8, 4) is 0 Å². The average Bonchev–Trinajstić information content (AvgIpc) is 2.28. The molecule has 1 unspecified atom stereocenters. The summed E-state index contributed by atoms with van der Waals surface area (Å²) in [7, 11) is 0. The standard InChI is InChI=1S/C9H13N5O3/c1-5(3-10)13-9-7(8(11)15)2-6(4-12-9)14(16)17/h2,4-5H,3,10H2,1H3,(H2,11,15)(H,12,13). The van der Waals surface area contributed by atoms with E-state index in [4.69, 9.17) is 11.5 Å². The lowest BCUT2D eigenvalue weighted by molar-refractivity contribution is -0.385. The lowest BCUT2D eigenvalue weighted by Gasteiger charge is -2.13. The third-order valence-electron chi connectivity index (χ3n) is 2.09. The van der Waals surface area contributed by atoms with Gasteiger partial charge in [0.15, 0.2) is 0 Å². The van der Waals surface area contributed by atoms with Crippen molar-refractivity contribution in [3.63, 3.8) is 0 Å². The molecule has 1 atom stereocenters. The number of amides is 1. The van der Waals surface area contributed by atoms with Crippen molar-refractivity contribution in [2.24, 2.45) is 11.5 Å². The summed E-state index contributed by atoms with van der Waals surface area (Å²) in [6, 6.07) is 0.961. The van der Waals surface area contributed by atoms with Crippen LogP contribution < -0.4 is 16.8 Å². The maximum atomic E-state index is 11.2. The van der Waals surface area contributed by atoms with Gasteiger partial charge in [0, 0.05) is 18.7 Å². The third kappa shape index (κ3) is 3.11. The van der Waals surface area contributed by atoms with Crippen molar-refractivity contribution in [1.82, 2.24) is 4.98 Å². The van der Waals surface area contributed by atoms with Gasteiger partial charge >= 0.3 is 0 Å². The molecule has 0 fully saturated rings. The van der Waals surface area contributed by atoms with Crippen molar-refractivity contribution in [2.45, 2.75) is 13.0 Å². The SMILES string of the molecule is CC(CN)Nc1ncc([N+](=O)[O-])cc1C(N)=O. The van der Waals surface area contributed by atoms with Crippen LogP contribution in [-0.4, -0.2) is 28.4 Å². The number of carbonyl (C=O) groups excluding carboxylic acids is 1. The molecule has 0 bridgehead atoms. The van der Waals surface area contributed by atoms with E-state index in [2.05, 4.69) is 10.3 Å². The Morgan fingerprint density at radius 1 is 1.71 bits per heavy atom. The zero-order valence-corrected chi connectivity index (χ0v) is 9.21. The van der Waals surface area contributed by atoms with Gasteiger partial charge < -0.3 is 16.8 Å².